The van der Waals surface area contributed by atoms with E-state index in [9.17, 15) is 39.0 Å². The molecular formula is C85H110BrF3N6O12. The molecule has 18 nitrogen and oxygen atoms in total. The van der Waals surface area contributed by atoms with Crippen molar-refractivity contribution < 1.29 is 70.5 Å². The fourth-order valence-electron chi connectivity index (χ4n) is 26.4. The fraction of sp³-hybridized carbons (Fsp3) is 0.718. The number of nitrogens with zero attached hydrogens (tertiary/aromatic N) is 6. The number of alkyl halides is 3. The summed E-state index contributed by atoms with van der Waals surface area (Å²) >= 11 is 3.47. The molecule has 22 heteroatoms. The Hall–Kier alpha value is -6.45. The normalized spacial score (nSPS) is 37.0. The van der Waals surface area contributed by atoms with Crippen molar-refractivity contribution in [3.05, 3.63) is 80.3 Å². The van der Waals surface area contributed by atoms with Crippen molar-refractivity contribution in [2.45, 2.75) is 282 Å². The number of allylic oxidation sites excluding steroid dienone is 4. The summed E-state index contributed by atoms with van der Waals surface area (Å²) in [6.07, 6.45) is 6.98. The summed E-state index contributed by atoms with van der Waals surface area (Å²) in [4.78, 5) is 92.0. The number of halogens is 4. The standard InChI is InChI=1S/C85H110BrF3N6O12/c1-44(2)63-53(96)39-83(69-94-92-67(106-69)50-22-18-46(86)43-90-50)36-34-79(14)48(65(63)83)20-24-58-78(13)31-29-60(75(9,10)56(78)27-33-82(58,79)17)105-62(99)42-76(11,72(102)103)38-52-47(85(87,88)89)19-23-51(91-52)68-93-95-70(107-68)84-37-35-80(15)49(66(84)64(45(3)4)54(97)40-84)21-25-57-77(12)30-28-59(104-61(98)41-73(5,6)71(100)101)74(7,8)55(77)26-32-81(57,80)16/h18-19,22-23,43-45,48-49,55-60H,20-21,24-42H2,1-17H3,(H,100,101)(H,102,103)/t48-,49-,55?,56?,57?,58?,59+,60+,76?,77+,78+,79-,80-,81-,82-,83-,84-/m1/s1. The maximum absolute atomic E-state index is 15.3. The molecule has 10 aliphatic carbocycles. The van der Waals surface area contributed by atoms with Gasteiger partial charge in [0.25, 0.3) is 11.8 Å². The number of Topliss-reactive ketones (excluding diaryl/α,β-unsaturated/α-hetero) is 2. The Bertz CT molecular complexity index is 4400. The lowest BCUT2D eigenvalue weighted by atomic mass is 9.33. The number of rotatable bonds is 16. The van der Waals surface area contributed by atoms with Crippen LogP contribution in [0.25, 0.3) is 23.2 Å². The molecule has 107 heavy (non-hydrogen) atoms. The van der Waals surface area contributed by atoms with Crippen LogP contribution >= 0.6 is 15.9 Å². The SMILES string of the molecule is CC(C)C1=C2[C@H]3CCC4[C@@]5(C)CC[C@H](OC(=O)CC(C)(Cc6nc(-c7nnc([C@@]89CC[C@]%10(C)[C@H](CCC%11[C@@]%12(C)CC[C@H](OC(=O)CC(C)(C)C(=O)O)C(C)(C)C%12CC[C@]%11%10C)C8=C(C(C)C)C(=O)C9)o7)ccc6C(F)(F)F)C(=O)O)C(C)(C)C5CC[C@@]4(C)[C@]3(C)CC[C@@]2(c2nnc(-c3ccc(Br)cn3)o2)CC1=O. The Morgan fingerprint density at radius 2 is 1.00 bits per heavy atom. The summed E-state index contributed by atoms with van der Waals surface area (Å²) in [6.45, 7) is 36.0. The first kappa shape index (κ1) is 77.3. The van der Waals surface area contributed by atoms with Crippen molar-refractivity contribution in [2.75, 3.05) is 0 Å². The second kappa shape index (κ2) is 25.5. The molecule has 0 spiro atoms. The van der Waals surface area contributed by atoms with Gasteiger partial charge in [0, 0.05) is 40.8 Å². The van der Waals surface area contributed by atoms with E-state index in [1.165, 1.54) is 26.3 Å². The van der Waals surface area contributed by atoms with E-state index in [0.29, 0.717) is 55.5 Å². The summed E-state index contributed by atoms with van der Waals surface area (Å²) in [5, 5.41) is 39.3. The largest absolute Gasteiger partial charge is 0.481 e. The molecule has 580 valence electrons. The van der Waals surface area contributed by atoms with Crippen molar-refractivity contribution in [2.24, 2.45) is 101 Å². The Balaban J connectivity index is 0.682. The van der Waals surface area contributed by atoms with Gasteiger partial charge in [0.05, 0.1) is 45.8 Å². The summed E-state index contributed by atoms with van der Waals surface area (Å²) in [6, 6.07) is 5.71. The number of carbonyl (C=O) groups excluding carboxylic acids is 4. The maximum atomic E-state index is 15.3. The molecule has 17 atom stereocenters. The lowest BCUT2D eigenvalue weighted by Gasteiger charge is -2.72. The van der Waals surface area contributed by atoms with Gasteiger partial charge in [-0.25, -0.2) is 9.97 Å². The first-order valence-electron chi connectivity index (χ1n) is 39.5. The van der Waals surface area contributed by atoms with Crippen LogP contribution in [0.15, 0.2) is 66.1 Å². The maximum Gasteiger partial charge on any atom is 0.418 e. The van der Waals surface area contributed by atoms with E-state index < -0.39 is 87.3 Å². The van der Waals surface area contributed by atoms with Gasteiger partial charge >= 0.3 is 30.1 Å². The number of pyridine rings is 2. The van der Waals surface area contributed by atoms with Gasteiger partial charge in [-0.15, -0.1) is 20.4 Å². The first-order chi connectivity index (χ1) is 49.7. The topological polar surface area (TPSA) is 265 Å². The van der Waals surface area contributed by atoms with E-state index >= 15 is 13.2 Å². The van der Waals surface area contributed by atoms with E-state index in [4.69, 9.17) is 28.5 Å². The summed E-state index contributed by atoms with van der Waals surface area (Å²) in [5.74, 6) is -2.11. The second-order valence-electron chi connectivity index (χ2n) is 39.2. The van der Waals surface area contributed by atoms with Crippen LogP contribution < -0.4 is 0 Å². The molecule has 0 aromatic carbocycles. The molecule has 0 amide bonds. The molecule has 4 heterocycles. The predicted octanol–water partition coefficient (Wildman–Crippen LogP) is 18.9. The Morgan fingerprint density at radius 3 is 1.42 bits per heavy atom. The third-order valence-corrected chi connectivity index (χ3v) is 32.6. The zero-order valence-corrected chi connectivity index (χ0v) is 67.3. The van der Waals surface area contributed by atoms with Gasteiger partial charge in [0.15, 0.2) is 11.6 Å². The van der Waals surface area contributed by atoms with Gasteiger partial charge in [-0.3, -0.25) is 28.8 Å². The molecule has 0 radical (unpaired) electrons. The Kier molecular flexibility index (Phi) is 18.5. The highest BCUT2D eigenvalue weighted by atomic mass is 79.9. The summed E-state index contributed by atoms with van der Waals surface area (Å²) in [7, 11) is 0. The van der Waals surface area contributed by atoms with Crippen LogP contribution in [0.5, 0.6) is 0 Å². The predicted molar refractivity (Wildman–Crippen MR) is 395 cm³/mol. The van der Waals surface area contributed by atoms with Gasteiger partial charge in [-0.1, -0.05) is 96.9 Å². The Morgan fingerprint density at radius 1 is 0.551 bits per heavy atom. The van der Waals surface area contributed by atoms with Gasteiger partial charge in [-0.05, 0) is 266 Å². The van der Waals surface area contributed by atoms with Crippen LogP contribution in [0, 0.1) is 101 Å². The monoisotopic (exact) mass is 1540 g/mol. The number of ether oxygens (including phenoxy) is 2. The van der Waals surface area contributed by atoms with Gasteiger partial charge in [0.1, 0.15) is 23.6 Å². The highest BCUT2D eigenvalue weighted by Gasteiger charge is 2.74. The first-order valence-corrected chi connectivity index (χ1v) is 40.3. The molecule has 10 aliphatic rings. The van der Waals surface area contributed by atoms with Crippen molar-refractivity contribution in [3.63, 3.8) is 0 Å². The van der Waals surface area contributed by atoms with Crippen molar-refractivity contribution in [3.8, 4) is 23.2 Å². The zero-order valence-electron chi connectivity index (χ0n) is 65.7. The number of carbonyl (C=O) groups is 6. The third kappa shape index (κ3) is 11.5. The van der Waals surface area contributed by atoms with Crippen molar-refractivity contribution in [1.82, 2.24) is 30.4 Å². The molecule has 14 rings (SSSR count). The minimum atomic E-state index is -4.97. The highest BCUT2D eigenvalue weighted by Crippen LogP contribution is 2.79. The van der Waals surface area contributed by atoms with E-state index in [0.717, 1.165) is 110 Å². The minimum absolute atomic E-state index is 0.00753. The van der Waals surface area contributed by atoms with Gasteiger partial charge in [-0.2, -0.15) is 13.2 Å². The van der Waals surface area contributed by atoms with E-state index in [1.807, 2.05) is 26.0 Å². The van der Waals surface area contributed by atoms with E-state index in [2.05, 4.69) is 119 Å². The number of fused-ring (bicyclic) bond motifs is 14. The fourth-order valence-corrected chi connectivity index (χ4v) is 26.7. The quantitative estimate of drug-likeness (QED) is 0.0987. The van der Waals surface area contributed by atoms with Crippen LogP contribution in [0.3, 0.4) is 0 Å². The number of aliphatic carboxylic acids is 2. The summed E-state index contributed by atoms with van der Waals surface area (Å²) in [5.41, 5.74) is -4.61. The van der Waals surface area contributed by atoms with Crippen molar-refractivity contribution >= 4 is 51.4 Å². The number of esters is 2. The zero-order chi connectivity index (χ0) is 77.7. The number of hydrogen-bond acceptors (Lipinski definition) is 16. The lowest BCUT2D eigenvalue weighted by Crippen LogP contribution is -2.66. The molecule has 8 fully saturated rings. The number of ketones is 2. The molecular weight excluding hydrogens is 1430 g/mol. The molecule has 0 saturated heterocycles. The average Bonchev–Trinajstić information content (AvgIpc) is 1.66. The molecule has 8 saturated carbocycles. The smallest absolute Gasteiger partial charge is 0.418 e. The lowest BCUT2D eigenvalue weighted by molar-refractivity contribution is -0.232. The van der Waals surface area contributed by atoms with Gasteiger partial charge < -0.3 is 28.5 Å². The van der Waals surface area contributed by atoms with Crippen molar-refractivity contribution in [1.29, 1.82) is 0 Å². The molecule has 2 N–H and O–H groups in total. The average molecular weight is 1540 g/mol. The molecule has 0 bridgehead atoms. The van der Waals surface area contributed by atoms with Crippen LogP contribution in [0.4, 0.5) is 13.2 Å². The molecule has 0 aliphatic heterocycles. The second-order valence-corrected chi connectivity index (χ2v) is 40.1. The van der Waals surface area contributed by atoms with E-state index in [-0.39, 0.29) is 127 Å². The number of aromatic nitrogens is 6. The van der Waals surface area contributed by atoms with Crippen LogP contribution in [0.1, 0.15) is 269 Å². The third-order valence-electron chi connectivity index (χ3n) is 32.2. The van der Waals surface area contributed by atoms with Gasteiger partial charge in [0.2, 0.25) is 11.8 Å². The minimum Gasteiger partial charge on any atom is -0.481 e. The molecule has 4 aromatic rings. The number of hydrogen-bond donors (Lipinski definition) is 2. The van der Waals surface area contributed by atoms with Crippen LogP contribution in [-0.4, -0.2) is 88.2 Å². The summed E-state index contributed by atoms with van der Waals surface area (Å²) < 4.78 is 72.8. The highest BCUT2D eigenvalue weighted by molar-refractivity contribution is 9.10. The molecule has 5 unspecified atom stereocenters. The van der Waals surface area contributed by atoms with E-state index in [1.54, 1.807) is 6.20 Å². The Labute approximate surface area is 635 Å². The van der Waals surface area contributed by atoms with Crippen LogP contribution in [-0.2, 0) is 61.7 Å². The number of carboxylic acids is 2. The number of carboxylic acid groups (broad SMARTS) is 2. The molecule has 4 aromatic heterocycles. The van der Waals surface area contributed by atoms with Crippen LogP contribution in [0.2, 0.25) is 0 Å².